The predicted molar refractivity (Wildman–Crippen MR) is 263 cm³/mol. The second kappa shape index (κ2) is 15.0. The van der Waals surface area contributed by atoms with Gasteiger partial charge in [0.15, 0.2) is 5.82 Å². The minimum Gasteiger partial charge on any atom is -0.309 e. The van der Waals surface area contributed by atoms with Gasteiger partial charge in [-0.25, -0.2) is 9.97 Å². The minimum absolute atomic E-state index is 0.690. The van der Waals surface area contributed by atoms with Crippen molar-refractivity contribution >= 4 is 43.6 Å². The fraction of sp³-hybridized carbons (Fsp3) is 0.0169. The highest BCUT2D eigenvalue weighted by Gasteiger charge is 2.22. The molecule has 296 valence electrons. The molecule has 4 nitrogen and oxygen atoms in total. The summed E-state index contributed by atoms with van der Waals surface area (Å²) in [7, 11) is 0. The van der Waals surface area contributed by atoms with Crippen LogP contribution in [0.4, 0.5) is 0 Å². The van der Waals surface area contributed by atoms with Crippen molar-refractivity contribution in [3.05, 3.63) is 230 Å². The number of hydrogen-bond donors (Lipinski definition) is 0. The molecule has 0 atom stereocenters. The molecule has 0 bridgehead atoms. The standard InChI is InChI=1S/C59H40N4/c1-39-18-8-9-23-44(39)42-32-34-57-49(36-42)47-26-12-17-31-56(47)63(57)58-35-33-43(52-38-51(40-19-4-2-5-20-40)60-59(61-52)41-21-6-3-7-22-41)37-50(58)48-27-13-16-30-55(48)62-53-28-14-10-24-45(53)46-25-11-15-29-54(46)62/h2-38H,1H3. The van der Waals surface area contributed by atoms with Crippen molar-refractivity contribution in [1.82, 2.24) is 19.1 Å². The monoisotopic (exact) mass is 804 g/mol. The predicted octanol–water partition coefficient (Wildman–Crippen LogP) is 15.3. The maximum atomic E-state index is 5.30. The molecule has 3 aromatic heterocycles. The Morgan fingerprint density at radius 1 is 0.302 bits per heavy atom. The maximum Gasteiger partial charge on any atom is 0.160 e. The van der Waals surface area contributed by atoms with E-state index in [9.17, 15) is 0 Å². The summed E-state index contributed by atoms with van der Waals surface area (Å²) in [5.74, 6) is 0.690. The van der Waals surface area contributed by atoms with Gasteiger partial charge in [0.1, 0.15) is 0 Å². The highest BCUT2D eigenvalue weighted by atomic mass is 15.0. The summed E-state index contributed by atoms with van der Waals surface area (Å²) in [5.41, 5.74) is 17.5. The van der Waals surface area contributed by atoms with Crippen molar-refractivity contribution in [2.45, 2.75) is 6.92 Å². The van der Waals surface area contributed by atoms with Crippen molar-refractivity contribution in [2.24, 2.45) is 0 Å². The van der Waals surface area contributed by atoms with Gasteiger partial charge in [-0.05, 0) is 78.2 Å². The van der Waals surface area contributed by atoms with Gasteiger partial charge in [-0.2, -0.15) is 0 Å². The van der Waals surface area contributed by atoms with Crippen molar-refractivity contribution < 1.29 is 0 Å². The van der Waals surface area contributed by atoms with E-state index in [1.54, 1.807) is 0 Å². The van der Waals surface area contributed by atoms with Gasteiger partial charge in [0.05, 0.1) is 44.8 Å². The van der Waals surface area contributed by atoms with Crippen LogP contribution in [-0.2, 0) is 0 Å². The van der Waals surface area contributed by atoms with Crippen LogP contribution in [0.15, 0.2) is 224 Å². The zero-order valence-electron chi connectivity index (χ0n) is 34.7. The molecule has 0 unspecified atom stereocenters. The van der Waals surface area contributed by atoms with E-state index >= 15 is 0 Å². The van der Waals surface area contributed by atoms with Gasteiger partial charge < -0.3 is 9.13 Å². The zero-order chi connectivity index (χ0) is 41.9. The molecule has 9 aromatic carbocycles. The van der Waals surface area contributed by atoms with Crippen LogP contribution >= 0.6 is 0 Å². The number of benzene rings is 9. The lowest BCUT2D eigenvalue weighted by Gasteiger charge is -2.20. The van der Waals surface area contributed by atoms with Gasteiger partial charge in [-0.1, -0.05) is 170 Å². The Hall–Kier alpha value is -8.34. The van der Waals surface area contributed by atoms with E-state index in [0.717, 1.165) is 61.6 Å². The third-order valence-electron chi connectivity index (χ3n) is 12.5. The van der Waals surface area contributed by atoms with Crippen molar-refractivity contribution in [3.8, 4) is 67.5 Å². The first-order valence-electron chi connectivity index (χ1n) is 21.5. The van der Waals surface area contributed by atoms with Crippen LogP contribution in [-0.4, -0.2) is 19.1 Å². The molecule has 0 fully saturated rings. The Labute approximate surface area is 365 Å². The molecule has 0 radical (unpaired) electrons. The average molecular weight is 805 g/mol. The summed E-state index contributed by atoms with van der Waals surface area (Å²) in [6, 6.07) is 80.4. The van der Waals surface area contributed by atoms with Gasteiger partial charge in [-0.15, -0.1) is 0 Å². The van der Waals surface area contributed by atoms with E-state index in [1.807, 2.05) is 24.3 Å². The Kier molecular flexibility index (Phi) is 8.68. The highest BCUT2D eigenvalue weighted by Crippen LogP contribution is 2.43. The molecular formula is C59H40N4. The lowest BCUT2D eigenvalue weighted by Crippen LogP contribution is -2.02. The van der Waals surface area contributed by atoms with Crippen LogP contribution in [0, 0.1) is 6.92 Å². The first kappa shape index (κ1) is 36.5. The number of aryl methyl sites for hydroxylation is 1. The number of nitrogens with zero attached hydrogens (tertiary/aromatic N) is 4. The highest BCUT2D eigenvalue weighted by molar-refractivity contribution is 6.12. The van der Waals surface area contributed by atoms with Crippen LogP contribution in [0.1, 0.15) is 5.56 Å². The van der Waals surface area contributed by atoms with Crippen molar-refractivity contribution in [2.75, 3.05) is 0 Å². The normalized spacial score (nSPS) is 11.6. The summed E-state index contributed by atoms with van der Waals surface area (Å²) >= 11 is 0. The van der Waals surface area contributed by atoms with Crippen LogP contribution in [0.2, 0.25) is 0 Å². The Balaban J connectivity index is 1.15. The van der Waals surface area contributed by atoms with Crippen LogP contribution < -0.4 is 0 Å². The number of fused-ring (bicyclic) bond motifs is 6. The minimum atomic E-state index is 0.690. The molecule has 63 heavy (non-hydrogen) atoms. The van der Waals surface area contributed by atoms with E-state index in [4.69, 9.17) is 9.97 Å². The maximum absolute atomic E-state index is 5.30. The summed E-state index contributed by atoms with van der Waals surface area (Å²) < 4.78 is 4.89. The molecule has 0 aliphatic heterocycles. The lowest BCUT2D eigenvalue weighted by atomic mass is 9.96. The first-order valence-corrected chi connectivity index (χ1v) is 21.5. The number of aromatic nitrogens is 4. The van der Waals surface area contributed by atoms with Crippen LogP contribution in [0.25, 0.3) is 111 Å². The Morgan fingerprint density at radius 3 is 1.43 bits per heavy atom. The summed E-state index contributed by atoms with van der Waals surface area (Å²) in [5, 5.41) is 4.88. The largest absolute Gasteiger partial charge is 0.309 e. The molecule has 0 aliphatic rings. The van der Waals surface area contributed by atoms with Crippen molar-refractivity contribution in [3.63, 3.8) is 0 Å². The SMILES string of the molecule is Cc1ccccc1-c1ccc2c(c1)c1ccccc1n2-c1ccc(-c2cc(-c3ccccc3)nc(-c3ccccc3)n2)cc1-c1ccccc1-n1c2ccccc2c2ccccc21. The van der Waals surface area contributed by atoms with E-state index < -0.39 is 0 Å². The quantitative estimate of drug-likeness (QED) is 0.161. The lowest BCUT2D eigenvalue weighted by molar-refractivity contribution is 1.16. The third kappa shape index (κ3) is 6.14. The summed E-state index contributed by atoms with van der Waals surface area (Å²) in [6.45, 7) is 2.19. The Bertz CT molecular complexity index is 3580. The average Bonchev–Trinajstić information content (AvgIpc) is 3.87. The molecule has 0 saturated heterocycles. The zero-order valence-corrected chi connectivity index (χ0v) is 34.7. The molecule has 0 spiro atoms. The molecular weight excluding hydrogens is 765 g/mol. The summed E-state index contributed by atoms with van der Waals surface area (Å²) in [4.78, 5) is 10.4. The van der Waals surface area contributed by atoms with Gasteiger partial charge in [0, 0.05) is 49.4 Å². The van der Waals surface area contributed by atoms with E-state index in [-0.39, 0.29) is 0 Å². The molecule has 12 rings (SSSR count). The molecule has 12 aromatic rings. The summed E-state index contributed by atoms with van der Waals surface area (Å²) in [6.07, 6.45) is 0. The second-order valence-corrected chi connectivity index (χ2v) is 16.2. The van der Waals surface area contributed by atoms with E-state index in [2.05, 4.69) is 216 Å². The Morgan fingerprint density at radius 2 is 0.778 bits per heavy atom. The van der Waals surface area contributed by atoms with Crippen LogP contribution in [0.5, 0.6) is 0 Å². The van der Waals surface area contributed by atoms with Gasteiger partial charge in [0.2, 0.25) is 0 Å². The molecule has 0 aliphatic carbocycles. The first-order chi connectivity index (χ1) is 31.2. The smallest absolute Gasteiger partial charge is 0.160 e. The van der Waals surface area contributed by atoms with Crippen LogP contribution in [0.3, 0.4) is 0 Å². The fourth-order valence-corrected chi connectivity index (χ4v) is 9.55. The molecule has 0 amide bonds. The van der Waals surface area contributed by atoms with Gasteiger partial charge in [0.25, 0.3) is 0 Å². The van der Waals surface area contributed by atoms with Gasteiger partial charge >= 0.3 is 0 Å². The fourth-order valence-electron chi connectivity index (χ4n) is 9.55. The number of para-hydroxylation sites is 4. The molecule has 3 heterocycles. The topological polar surface area (TPSA) is 35.6 Å². The third-order valence-corrected chi connectivity index (χ3v) is 12.5. The van der Waals surface area contributed by atoms with Crippen molar-refractivity contribution in [1.29, 1.82) is 0 Å². The molecule has 4 heteroatoms. The van der Waals surface area contributed by atoms with E-state index in [0.29, 0.717) is 5.82 Å². The second-order valence-electron chi connectivity index (χ2n) is 16.2. The molecule has 0 N–H and O–H groups in total. The molecule has 0 saturated carbocycles. The van der Waals surface area contributed by atoms with E-state index in [1.165, 1.54) is 49.3 Å². The number of hydrogen-bond acceptors (Lipinski definition) is 2. The number of rotatable bonds is 7. The van der Waals surface area contributed by atoms with Gasteiger partial charge in [-0.3, -0.25) is 0 Å².